The quantitative estimate of drug-likeness (QED) is 0.555. The summed E-state index contributed by atoms with van der Waals surface area (Å²) in [5, 5.41) is 4.32. The Kier molecular flexibility index (Phi) is 2.73. The first kappa shape index (κ1) is 12.4. The van der Waals surface area contributed by atoms with E-state index in [1.165, 1.54) is 6.33 Å². The fourth-order valence-corrected chi connectivity index (χ4v) is 2.49. The molecule has 0 atom stereocenters. The van der Waals surface area contributed by atoms with Crippen molar-refractivity contribution in [1.29, 1.82) is 0 Å². The molecule has 0 saturated carbocycles. The van der Waals surface area contributed by atoms with Gasteiger partial charge in [-0.1, -0.05) is 12.0 Å². The molecule has 0 aliphatic heterocycles. The number of aromatic amines is 1. The second kappa shape index (κ2) is 4.86. The minimum atomic E-state index is 0.820. The predicted octanol–water partition coefficient (Wildman–Crippen LogP) is 3.23. The average molecular weight is 285 g/mol. The van der Waals surface area contributed by atoms with Gasteiger partial charge in [-0.05, 0) is 24.3 Å². The summed E-state index contributed by atoms with van der Waals surface area (Å²) in [4.78, 5) is 15.9. The fraction of sp³-hybridized carbons (Fsp3) is 0. The number of fused-ring (bicyclic) bond motifs is 2. The van der Waals surface area contributed by atoms with E-state index in [0.717, 1.165) is 38.9 Å². The molecule has 0 fully saturated rings. The third kappa shape index (κ3) is 1.95. The van der Waals surface area contributed by atoms with E-state index >= 15 is 0 Å². The van der Waals surface area contributed by atoms with Crippen LogP contribution in [-0.4, -0.2) is 19.9 Å². The number of H-pyrrole nitrogens is 1. The Morgan fingerprint density at radius 1 is 1.18 bits per heavy atom. The highest BCUT2D eigenvalue weighted by Crippen LogP contribution is 2.31. The van der Waals surface area contributed by atoms with E-state index in [-0.39, 0.29) is 0 Å². The van der Waals surface area contributed by atoms with Gasteiger partial charge >= 0.3 is 0 Å². The lowest BCUT2D eigenvalue weighted by Gasteiger charge is -2.10. The molecule has 2 aromatic carbocycles. The van der Waals surface area contributed by atoms with Crippen molar-refractivity contribution < 1.29 is 0 Å². The van der Waals surface area contributed by atoms with E-state index in [0.29, 0.717) is 0 Å². The lowest BCUT2D eigenvalue weighted by molar-refractivity contribution is 1.22. The molecule has 5 nitrogen and oxygen atoms in total. The van der Waals surface area contributed by atoms with Crippen molar-refractivity contribution in [3.05, 3.63) is 54.7 Å². The Labute approximate surface area is 126 Å². The number of aromatic nitrogens is 4. The number of nitrogens with zero attached hydrogens (tertiary/aromatic N) is 3. The van der Waals surface area contributed by atoms with Crippen LogP contribution in [-0.2, 0) is 0 Å². The van der Waals surface area contributed by atoms with E-state index in [2.05, 4.69) is 31.2 Å². The molecule has 4 rings (SSSR count). The van der Waals surface area contributed by atoms with Crippen molar-refractivity contribution in [2.75, 3.05) is 5.32 Å². The molecule has 0 bridgehead atoms. The van der Waals surface area contributed by atoms with Crippen molar-refractivity contribution in [3.8, 4) is 12.3 Å². The van der Waals surface area contributed by atoms with Gasteiger partial charge in [0.25, 0.3) is 0 Å². The summed E-state index contributed by atoms with van der Waals surface area (Å²) < 4.78 is 0. The molecule has 0 unspecified atom stereocenters. The first-order valence-corrected chi connectivity index (χ1v) is 6.74. The van der Waals surface area contributed by atoms with E-state index in [1.807, 2.05) is 30.3 Å². The van der Waals surface area contributed by atoms with Crippen molar-refractivity contribution >= 4 is 33.3 Å². The molecule has 0 amide bonds. The number of hydrogen-bond acceptors (Lipinski definition) is 4. The minimum absolute atomic E-state index is 0.820. The minimum Gasteiger partial charge on any atom is -0.352 e. The van der Waals surface area contributed by atoms with Crippen LogP contribution < -0.4 is 5.32 Å². The summed E-state index contributed by atoms with van der Waals surface area (Å²) in [5.74, 6) is 2.64. The topological polar surface area (TPSA) is 66.5 Å². The van der Waals surface area contributed by atoms with Crippen LogP contribution in [0.3, 0.4) is 0 Å². The third-order valence-corrected chi connectivity index (χ3v) is 3.49. The molecule has 2 N–H and O–H groups in total. The van der Waals surface area contributed by atoms with Gasteiger partial charge in [0.2, 0.25) is 0 Å². The van der Waals surface area contributed by atoms with Gasteiger partial charge < -0.3 is 10.3 Å². The van der Waals surface area contributed by atoms with Gasteiger partial charge in [0.15, 0.2) is 0 Å². The first-order valence-electron chi connectivity index (χ1n) is 6.74. The van der Waals surface area contributed by atoms with Crippen molar-refractivity contribution in [3.63, 3.8) is 0 Å². The number of hydrogen-bond donors (Lipinski definition) is 2. The lowest BCUT2D eigenvalue weighted by atomic mass is 10.1. The Balaban J connectivity index is 1.95. The van der Waals surface area contributed by atoms with Gasteiger partial charge in [-0.25, -0.2) is 15.0 Å². The number of benzene rings is 2. The Morgan fingerprint density at radius 2 is 2.14 bits per heavy atom. The number of nitrogens with one attached hydrogen (secondary N) is 2. The van der Waals surface area contributed by atoms with Gasteiger partial charge in [0.1, 0.15) is 6.33 Å². The molecular formula is C17H11N5. The zero-order chi connectivity index (χ0) is 14.9. The normalized spacial score (nSPS) is 10.7. The second-order valence-electron chi connectivity index (χ2n) is 4.86. The molecule has 104 valence electrons. The molecule has 5 heteroatoms. The highest BCUT2D eigenvalue weighted by atomic mass is 15.0. The van der Waals surface area contributed by atoms with Crippen molar-refractivity contribution in [2.45, 2.75) is 0 Å². The van der Waals surface area contributed by atoms with Gasteiger partial charge in [0.05, 0.1) is 28.6 Å². The maximum Gasteiger partial charge on any atom is 0.116 e. The molecule has 2 aromatic heterocycles. The van der Waals surface area contributed by atoms with Crippen LogP contribution in [0.2, 0.25) is 0 Å². The lowest BCUT2D eigenvalue weighted by Crippen LogP contribution is -1.95. The largest absolute Gasteiger partial charge is 0.352 e. The molecule has 0 spiro atoms. The van der Waals surface area contributed by atoms with Gasteiger partial charge in [0, 0.05) is 22.8 Å². The molecule has 0 aliphatic rings. The van der Waals surface area contributed by atoms with Crippen molar-refractivity contribution in [2.24, 2.45) is 0 Å². The van der Waals surface area contributed by atoms with Gasteiger partial charge in [-0.3, -0.25) is 0 Å². The number of rotatable bonds is 2. The van der Waals surface area contributed by atoms with Crippen LogP contribution in [0, 0.1) is 12.3 Å². The zero-order valence-corrected chi connectivity index (χ0v) is 11.5. The van der Waals surface area contributed by atoms with E-state index in [4.69, 9.17) is 6.42 Å². The highest BCUT2D eigenvalue weighted by molar-refractivity contribution is 6.07. The van der Waals surface area contributed by atoms with E-state index in [9.17, 15) is 0 Å². The smallest absolute Gasteiger partial charge is 0.116 e. The van der Waals surface area contributed by atoms with Crippen LogP contribution in [0.5, 0.6) is 0 Å². The van der Waals surface area contributed by atoms with E-state index < -0.39 is 0 Å². The molecule has 2 heterocycles. The number of terminal acetylenes is 1. The second-order valence-corrected chi connectivity index (χ2v) is 4.86. The summed E-state index contributed by atoms with van der Waals surface area (Å²) in [5.41, 5.74) is 5.17. The third-order valence-electron chi connectivity index (χ3n) is 3.49. The predicted molar refractivity (Wildman–Crippen MR) is 86.8 cm³/mol. The Bertz CT molecular complexity index is 1030. The molecule has 4 aromatic rings. The van der Waals surface area contributed by atoms with Crippen LogP contribution >= 0.6 is 0 Å². The summed E-state index contributed by atoms with van der Waals surface area (Å²) in [6, 6.07) is 9.65. The summed E-state index contributed by atoms with van der Waals surface area (Å²) in [6.45, 7) is 0. The molecule has 22 heavy (non-hydrogen) atoms. The van der Waals surface area contributed by atoms with E-state index in [1.54, 1.807) is 12.5 Å². The summed E-state index contributed by atoms with van der Waals surface area (Å²) in [7, 11) is 0. The van der Waals surface area contributed by atoms with Gasteiger partial charge in [-0.2, -0.15) is 0 Å². The van der Waals surface area contributed by atoms with Crippen LogP contribution in [0.1, 0.15) is 5.56 Å². The standard InChI is InChI=1S/C17H11N5/c1-2-11-4-3-5-13(6-11)22-17-15-12(8-18-9-20-15)7-14-16(17)21-10-19-14/h1,3-10,22H,(H,19,21). The maximum absolute atomic E-state index is 5.46. The maximum atomic E-state index is 5.46. The molecule has 0 aliphatic carbocycles. The van der Waals surface area contributed by atoms with Crippen LogP contribution in [0.25, 0.3) is 21.9 Å². The SMILES string of the molecule is C#Cc1cccc(Nc2c3ncncc3cc3nc[nH]c23)c1. The molecular weight excluding hydrogens is 274 g/mol. The molecule has 0 saturated heterocycles. The highest BCUT2D eigenvalue weighted by Gasteiger charge is 2.11. The first-order chi connectivity index (χ1) is 10.8. The number of anilines is 2. The summed E-state index contributed by atoms with van der Waals surface area (Å²) >= 11 is 0. The Morgan fingerprint density at radius 3 is 3.05 bits per heavy atom. The van der Waals surface area contributed by atoms with Gasteiger partial charge in [-0.15, -0.1) is 6.42 Å². The number of imidazole rings is 1. The zero-order valence-electron chi connectivity index (χ0n) is 11.5. The average Bonchev–Trinajstić information content (AvgIpc) is 3.03. The monoisotopic (exact) mass is 285 g/mol. The van der Waals surface area contributed by atoms with Crippen molar-refractivity contribution in [1.82, 2.24) is 19.9 Å². The summed E-state index contributed by atoms with van der Waals surface area (Å²) in [6.07, 6.45) is 10.4. The fourth-order valence-electron chi connectivity index (χ4n) is 2.49. The van der Waals surface area contributed by atoms with Crippen LogP contribution in [0.15, 0.2) is 49.2 Å². The Hall–Kier alpha value is -3.39. The van der Waals surface area contributed by atoms with Crippen LogP contribution in [0.4, 0.5) is 11.4 Å². The molecule has 0 radical (unpaired) electrons.